The predicted molar refractivity (Wildman–Crippen MR) is 73.9 cm³/mol. The van der Waals surface area contributed by atoms with Crippen molar-refractivity contribution in [3.05, 3.63) is 0 Å². The average Bonchev–Trinajstić information content (AvgIpc) is 2.09. The van der Waals surface area contributed by atoms with Gasteiger partial charge in [0.25, 0.3) is 0 Å². The predicted octanol–water partition coefficient (Wildman–Crippen LogP) is 0.515. The van der Waals surface area contributed by atoms with Crippen LogP contribution >= 0.6 is 13.5 Å². The molecule has 0 aliphatic heterocycles. The van der Waals surface area contributed by atoms with Crippen LogP contribution in [-0.4, -0.2) is 51.1 Å². The van der Waals surface area contributed by atoms with Crippen LogP contribution < -0.4 is 10.6 Å². The number of rotatable bonds is 7. The summed E-state index contributed by atoms with van der Waals surface area (Å²) in [5.74, 6) is 0.205. The number of carbonyl (C=O) groups excluding carboxylic acids is 1. The lowest BCUT2D eigenvalue weighted by Crippen LogP contribution is -2.36. The van der Waals surface area contributed by atoms with Gasteiger partial charge in [-0.2, -0.15) is 13.5 Å². The normalized spacial score (nSPS) is 10.3. The Balaban J connectivity index is -0.000000282. The Morgan fingerprint density at radius 1 is 1.27 bits per heavy atom. The molecule has 5 heteroatoms. The zero-order valence-electron chi connectivity index (χ0n) is 10.3. The molecule has 0 aliphatic rings. The van der Waals surface area contributed by atoms with Crippen molar-refractivity contribution in [2.24, 2.45) is 5.92 Å². The van der Waals surface area contributed by atoms with Gasteiger partial charge in [0.2, 0.25) is 5.91 Å². The lowest BCUT2D eigenvalue weighted by molar-refractivity contribution is -0.123. The van der Waals surface area contributed by atoms with Crippen LogP contribution in [0.1, 0.15) is 16.7 Å². The van der Waals surface area contributed by atoms with Crippen molar-refractivity contribution < 1.29 is 7.65 Å². The van der Waals surface area contributed by atoms with Crippen LogP contribution in [0.4, 0.5) is 0 Å². The van der Waals surface area contributed by atoms with Gasteiger partial charge in [0.05, 0.1) is 0 Å². The van der Waals surface area contributed by atoms with Crippen LogP contribution in [0.5, 0.6) is 0 Å². The zero-order valence-corrected chi connectivity index (χ0v) is 11.3. The fraction of sp³-hybridized carbons (Fsp3) is 0.900. The van der Waals surface area contributed by atoms with Crippen molar-refractivity contribution in [2.75, 3.05) is 40.3 Å². The number of amides is 1. The fourth-order valence-corrected chi connectivity index (χ4v) is 0.906. The average molecular weight is 239 g/mol. The number of likely N-dealkylation sites (N-methyl/N-ethyl adjacent to an activating group) is 1. The quantitative estimate of drug-likeness (QED) is 0.637. The highest BCUT2D eigenvalue weighted by molar-refractivity contribution is 7.59. The summed E-state index contributed by atoms with van der Waals surface area (Å²) in [6, 6.07) is 0. The topological polar surface area (TPSA) is 44.4 Å². The number of nitrogens with zero attached hydrogens (tertiary/aromatic N) is 1. The molecule has 1 amide bonds. The molecular weight excluding hydrogens is 210 g/mol. The van der Waals surface area contributed by atoms with E-state index in [4.69, 9.17) is 0 Å². The second-order valence-corrected chi connectivity index (χ2v) is 4.00. The number of nitrogens with one attached hydrogen (secondary N) is 2. The van der Waals surface area contributed by atoms with Gasteiger partial charge in [-0.05, 0) is 14.1 Å². The van der Waals surface area contributed by atoms with Gasteiger partial charge in [-0.3, -0.25) is 4.79 Å². The minimum absolute atomic E-state index is 0. The first-order valence-corrected chi connectivity index (χ1v) is 5.17. The van der Waals surface area contributed by atoms with Gasteiger partial charge in [-0.1, -0.05) is 13.8 Å². The van der Waals surface area contributed by atoms with Crippen LogP contribution in [0.25, 0.3) is 0 Å². The molecule has 0 aromatic carbocycles. The largest absolute Gasteiger partial charge is 0.355 e. The van der Waals surface area contributed by atoms with Gasteiger partial charge in [0, 0.05) is 35.0 Å². The summed E-state index contributed by atoms with van der Waals surface area (Å²) < 4.78 is 0. The first-order valence-electron chi connectivity index (χ1n) is 5.17. The molecule has 0 aromatic heterocycles. The molecule has 0 aromatic rings. The molecule has 0 saturated carbocycles. The third-order valence-corrected chi connectivity index (χ3v) is 1.86. The number of hydrogen-bond donors (Lipinski definition) is 2. The second kappa shape index (κ2) is 10.3. The molecule has 0 atom stereocenters. The summed E-state index contributed by atoms with van der Waals surface area (Å²) in [6.07, 6.45) is 0. The van der Waals surface area contributed by atoms with Crippen LogP contribution in [0.2, 0.25) is 0 Å². The Morgan fingerprint density at radius 3 is 2.33 bits per heavy atom. The van der Waals surface area contributed by atoms with Gasteiger partial charge in [-0.15, -0.1) is 0 Å². The Bertz CT molecular complexity index is 172. The summed E-state index contributed by atoms with van der Waals surface area (Å²) in [7, 11) is 4.09. The minimum atomic E-state index is 0. The molecule has 96 valence electrons. The molecule has 2 N–H and O–H groups in total. The zero-order chi connectivity index (χ0) is 11.0. The van der Waals surface area contributed by atoms with Crippen molar-refractivity contribution in [3.63, 3.8) is 0 Å². The monoisotopic (exact) mass is 239 g/mol. The van der Waals surface area contributed by atoms with E-state index in [0.717, 1.165) is 19.6 Å². The van der Waals surface area contributed by atoms with Gasteiger partial charge < -0.3 is 15.5 Å². The van der Waals surface area contributed by atoms with Crippen molar-refractivity contribution in [2.45, 2.75) is 13.8 Å². The maximum atomic E-state index is 11.1. The standard InChI is InChI=1S/C10H23N3O.H2S.2H2/c1-9(2)10(14)12-6-5-11-7-8-13(3)4;;;/h9,11H,5-8H2,1-4H3,(H,12,14);1H2;2*1H. The number of carbonyl (C=O) groups is 1. The highest BCUT2D eigenvalue weighted by Crippen LogP contribution is 1.88. The first kappa shape index (κ1) is 17.1. The van der Waals surface area contributed by atoms with E-state index in [-0.39, 0.29) is 28.2 Å². The van der Waals surface area contributed by atoms with E-state index in [1.165, 1.54) is 0 Å². The molecular formula is C10H29N3OS. The molecule has 0 rings (SSSR count). The SMILES string of the molecule is CC(C)C(=O)NCCNCCN(C)C.S.[HH].[HH]. The molecule has 4 nitrogen and oxygen atoms in total. The summed E-state index contributed by atoms with van der Waals surface area (Å²) in [5, 5.41) is 6.11. The van der Waals surface area contributed by atoms with Crippen molar-refractivity contribution in [3.8, 4) is 0 Å². The molecule has 0 radical (unpaired) electrons. The summed E-state index contributed by atoms with van der Waals surface area (Å²) >= 11 is 0. The van der Waals surface area contributed by atoms with Crippen molar-refractivity contribution in [1.82, 2.24) is 15.5 Å². The maximum absolute atomic E-state index is 11.1. The van der Waals surface area contributed by atoms with E-state index in [2.05, 4.69) is 15.5 Å². The minimum Gasteiger partial charge on any atom is -0.355 e. The summed E-state index contributed by atoms with van der Waals surface area (Å²) in [4.78, 5) is 13.3. The van der Waals surface area contributed by atoms with E-state index < -0.39 is 0 Å². The Labute approximate surface area is 103 Å². The summed E-state index contributed by atoms with van der Waals surface area (Å²) in [5.41, 5.74) is 0. The highest BCUT2D eigenvalue weighted by Gasteiger charge is 2.04. The third kappa shape index (κ3) is 11.7. The van der Waals surface area contributed by atoms with E-state index in [0.29, 0.717) is 6.54 Å². The summed E-state index contributed by atoms with van der Waals surface area (Å²) in [6.45, 7) is 7.34. The van der Waals surface area contributed by atoms with Crippen LogP contribution in [0.3, 0.4) is 0 Å². The molecule has 0 heterocycles. The second-order valence-electron chi connectivity index (χ2n) is 4.00. The molecule has 0 aliphatic carbocycles. The lowest BCUT2D eigenvalue weighted by Gasteiger charge is -2.11. The molecule has 0 saturated heterocycles. The smallest absolute Gasteiger partial charge is 0.222 e. The number of hydrogen-bond acceptors (Lipinski definition) is 3. The van der Waals surface area contributed by atoms with E-state index in [1.54, 1.807) is 0 Å². The van der Waals surface area contributed by atoms with Crippen molar-refractivity contribution in [1.29, 1.82) is 0 Å². The third-order valence-electron chi connectivity index (χ3n) is 1.86. The first-order chi connectivity index (χ1) is 6.54. The molecule has 0 fully saturated rings. The van der Waals surface area contributed by atoms with E-state index in [1.807, 2.05) is 27.9 Å². The van der Waals surface area contributed by atoms with Gasteiger partial charge in [0.1, 0.15) is 0 Å². The van der Waals surface area contributed by atoms with Crippen LogP contribution in [0, 0.1) is 5.92 Å². The fourth-order valence-electron chi connectivity index (χ4n) is 0.906. The van der Waals surface area contributed by atoms with Gasteiger partial charge >= 0.3 is 0 Å². The Hall–Kier alpha value is -0.260. The van der Waals surface area contributed by atoms with Crippen LogP contribution in [0.15, 0.2) is 0 Å². The lowest BCUT2D eigenvalue weighted by atomic mass is 10.2. The Kier molecular flexibility index (Phi) is 11.7. The Morgan fingerprint density at radius 2 is 1.87 bits per heavy atom. The van der Waals surface area contributed by atoms with E-state index in [9.17, 15) is 4.79 Å². The highest BCUT2D eigenvalue weighted by atomic mass is 32.1. The molecule has 0 unspecified atom stereocenters. The van der Waals surface area contributed by atoms with Crippen molar-refractivity contribution >= 4 is 19.4 Å². The maximum Gasteiger partial charge on any atom is 0.222 e. The molecule has 0 spiro atoms. The van der Waals surface area contributed by atoms with E-state index >= 15 is 0 Å². The van der Waals surface area contributed by atoms with Gasteiger partial charge in [-0.25, -0.2) is 0 Å². The van der Waals surface area contributed by atoms with Gasteiger partial charge in [0.15, 0.2) is 0 Å². The van der Waals surface area contributed by atoms with Crippen LogP contribution in [-0.2, 0) is 4.79 Å². The molecule has 0 bridgehead atoms. The molecule has 15 heavy (non-hydrogen) atoms.